The smallest absolute Gasteiger partial charge is 0.327 e. The lowest BCUT2D eigenvalue weighted by Gasteiger charge is -2.07. The van der Waals surface area contributed by atoms with Gasteiger partial charge in [-0.25, -0.2) is 4.79 Å². The van der Waals surface area contributed by atoms with Gasteiger partial charge in [-0.05, 0) is 12.8 Å². The van der Waals surface area contributed by atoms with Gasteiger partial charge >= 0.3 is 5.97 Å². The predicted octanol–water partition coefficient (Wildman–Crippen LogP) is -1.24. The SMILES string of the molecule is NC(N)=NCCCC(NN=O)C(=O)O. The van der Waals surface area contributed by atoms with Gasteiger partial charge in [0.15, 0.2) is 5.96 Å². The van der Waals surface area contributed by atoms with Crippen LogP contribution in [0.4, 0.5) is 0 Å². The van der Waals surface area contributed by atoms with E-state index in [1.165, 1.54) is 0 Å². The minimum Gasteiger partial charge on any atom is -0.480 e. The minimum absolute atomic E-state index is 0.0432. The third-order valence-electron chi connectivity index (χ3n) is 1.45. The van der Waals surface area contributed by atoms with Gasteiger partial charge in [0.2, 0.25) is 0 Å². The van der Waals surface area contributed by atoms with Crippen LogP contribution in [0.2, 0.25) is 0 Å². The highest BCUT2D eigenvalue weighted by Gasteiger charge is 2.15. The number of rotatable bonds is 7. The molecule has 0 heterocycles. The van der Waals surface area contributed by atoms with Crippen LogP contribution >= 0.6 is 0 Å². The third-order valence-corrected chi connectivity index (χ3v) is 1.45. The Morgan fingerprint density at radius 1 is 1.50 bits per heavy atom. The van der Waals surface area contributed by atoms with Gasteiger partial charge in [0.1, 0.15) is 6.04 Å². The van der Waals surface area contributed by atoms with Crippen molar-refractivity contribution in [2.24, 2.45) is 21.7 Å². The van der Waals surface area contributed by atoms with Crippen LogP contribution in [-0.4, -0.2) is 29.6 Å². The van der Waals surface area contributed by atoms with Gasteiger partial charge in [-0.15, -0.1) is 4.91 Å². The highest BCUT2D eigenvalue weighted by atomic mass is 16.4. The maximum atomic E-state index is 10.5. The second kappa shape index (κ2) is 6.63. The van der Waals surface area contributed by atoms with E-state index in [2.05, 4.69) is 10.3 Å². The molecule has 6 N–H and O–H groups in total. The summed E-state index contributed by atoms with van der Waals surface area (Å²) < 4.78 is 0. The lowest BCUT2D eigenvalue weighted by molar-refractivity contribution is -0.139. The van der Waals surface area contributed by atoms with Crippen molar-refractivity contribution in [1.29, 1.82) is 0 Å². The van der Waals surface area contributed by atoms with Gasteiger partial charge in [-0.1, -0.05) is 0 Å². The van der Waals surface area contributed by atoms with E-state index in [0.29, 0.717) is 13.0 Å². The fraction of sp³-hybridized carbons (Fsp3) is 0.667. The van der Waals surface area contributed by atoms with Crippen molar-refractivity contribution in [3.8, 4) is 0 Å². The quantitative estimate of drug-likeness (QED) is 0.134. The Balaban J connectivity index is 3.77. The topological polar surface area (TPSA) is 143 Å². The number of hydrogen-bond acceptors (Lipinski definition) is 4. The molecule has 8 nitrogen and oxygen atoms in total. The molecule has 0 amide bonds. The summed E-state index contributed by atoms with van der Waals surface area (Å²) in [5.41, 5.74) is 12.0. The third kappa shape index (κ3) is 5.75. The molecule has 0 aromatic carbocycles. The molecular formula is C6H13N5O3. The number of carboxylic acids is 1. The summed E-state index contributed by atoms with van der Waals surface area (Å²) in [6.45, 7) is 0.326. The first kappa shape index (κ1) is 12.1. The maximum Gasteiger partial charge on any atom is 0.327 e. The molecule has 80 valence electrons. The van der Waals surface area contributed by atoms with Gasteiger partial charge in [0.25, 0.3) is 0 Å². The molecule has 0 aliphatic rings. The van der Waals surface area contributed by atoms with E-state index in [-0.39, 0.29) is 12.4 Å². The lowest BCUT2D eigenvalue weighted by Crippen LogP contribution is -2.33. The first-order chi connectivity index (χ1) is 6.57. The van der Waals surface area contributed by atoms with E-state index in [0.717, 1.165) is 0 Å². The zero-order valence-electron chi connectivity index (χ0n) is 7.51. The van der Waals surface area contributed by atoms with Crippen LogP contribution < -0.4 is 16.9 Å². The van der Waals surface area contributed by atoms with Gasteiger partial charge in [-0.2, -0.15) is 0 Å². The van der Waals surface area contributed by atoms with E-state index in [1.54, 1.807) is 0 Å². The number of nitroso groups, excluding NO2 is 1. The Kier molecular flexibility index (Phi) is 5.75. The van der Waals surface area contributed by atoms with Gasteiger partial charge < -0.3 is 16.6 Å². The molecule has 8 heteroatoms. The number of aliphatic imine (C=N–C) groups is 1. The molecule has 0 saturated heterocycles. The summed E-state index contributed by atoms with van der Waals surface area (Å²) in [6.07, 6.45) is 0.690. The van der Waals surface area contributed by atoms with E-state index in [1.807, 2.05) is 5.43 Å². The average Bonchev–Trinajstić information content (AvgIpc) is 2.09. The summed E-state index contributed by atoms with van der Waals surface area (Å²) in [4.78, 5) is 23.9. The molecule has 0 aliphatic heterocycles. The second-order valence-electron chi connectivity index (χ2n) is 2.56. The van der Waals surface area contributed by atoms with Crippen LogP contribution in [0.1, 0.15) is 12.8 Å². The number of aliphatic carboxylic acids is 1. The number of carbonyl (C=O) groups is 1. The van der Waals surface area contributed by atoms with Gasteiger partial charge in [-0.3, -0.25) is 10.4 Å². The second-order valence-corrected chi connectivity index (χ2v) is 2.56. The lowest BCUT2D eigenvalue weighted by atomic mass is 10.2. The molecule has 1 atom stereocenters. The summed E-state index contributed by atoms with van der Waals surface area (Å²) in [6, 6.07) is -0.985. The van der Waals surface area contributed by atoms with Crippen LogP contribution in [-0.2, 0) is 4.79 Å². The van der Waals surface area contributed by atoms with Gasteiger partial charge in [0, 0.05) is 6.54 Å². The number of hydrogen-bond donors (Lipinski definition) is 4. The minimum atomic E-state index is -1.13. The first-order valence-corrected chi connectivity index (χ1v) is 3.94. The van der Waals surface area contributed by atoms with Crippen molar-refractivity contribution in [3.63, 3.8) is 0 Å². The highest BCUT2D eigenvalue weighted by molar-refractivity contribution is 5.75. The Morgan fingerprint density at radius 3 is 2.57 bits per heavy atom. The van der Waals surface area contributed by atoms with Crippen molar-refractivity contribution in [2.45, 2.75) is 18.9 Å². The molecular weight excluding hydrogens is 190 g/mol. The molecule has 0 spiro atoms. The first-order valence-electron chi connectivity index (χ1n) is 3.94. The Morgan fingerprint density at radius 2 is 2.14 bits per heavy atom. The van der Waals surface area contributed by atoms with E-state index < -0.39 is 12.0 Å². The molecule has 0 rings (SSSR count). The van der Waals surface area contributed by atoms with Gasteiger partial charge in [0.05, 0.1) is 5.29 Å². The molecule has 0 aliphatic carbocycles. The number of carboxylic acid groups (broad SMARTS) is 1. The number of guanidine groups is 1. The normalized spacial score (nSPS) is 11.4. The van der Waals surface area contributed by atoms with Crippen LogP contribution in [0, 0.1) is 4.91 Å². The summed E-state index contributed by atoms with van der Waals surface area (Å²) in [5.74, 6) is -1.17. The van der Waals surface area contributed by atoms with Crippen molar-refractivity contribution < 1.29 is 9.90 Å². The van der Waals surface area contributed by atoms with Crippen molar-refractivity contribution in [3.05, 3.63) is 4.91 Å². The molecule has 0 aromatic heterocycles. The number of nitrogens with two attached hydrogens (primary N) is 2. The zero-order chi connectivity index (χ0) is 11.0. The molecule has 0 aromatic rings. The summed E-state index contributed by atoms with van der Waals surface area (Å²) in [5, 5.41) is 10.9. The Labute approximate surface area is 80.3 Å². The molecule has 1 unspecified atom stereocenters. The van der Waals surface area contributed by atoms with Crippen LogP contribution in [0.3, 0.4) is 0 Å². The monoisotopic (exact) mass is 203 g/mol. The van der Waals surface area contributed by atoms with Crippen LogP contribution in [0.15, 0.2) is 10.3 Å². The van der Waals surface area contributed by atoms with E-state index in [4.69, 9.17) is 16.6 Å². The molecule has 0 radical (unpaired) electrons. The maximum absolute atomic E-state index is 10.5. The Hall–Kier alpha value is -1.86. The molecule has 14 heavy (non-hydrogen) atoms. The Bertz CT molecular complexity index is 226. The number of nitrogens with zero attached hydrogens (tertiary/aromatic N) is 2. The van der Waals surface area contributed by atoms with Crippen molar-refractivity contribution in [1.82, 2.24) is 5.43 Å². The van der Waals surface area contributed by atoms with Crippen molar-refractivity contribution >= 4 is 11.9 Å². The largest absolute Gasteiger partial charge is 0.480 e. The summed E-state index contributed by atoms with van der Waals surface area (Å²) >= 11 is 0. The van der Waals surface area contributed by atoms with E-state index >= 15 is 0 Å². The highest BCUT2D eigenvalue weighted by Crippen LogP contribution is 1.98. The van der Waals surface area contributed by atoms with Crippen LogP contribution in [0.25, 0.3) is 0 Å². The average molecular weight is 203 g/mol. The van der Waals surface area contributed by atoms with Crippen molar-refractivity contribution in [2.75, 3.05) is 6.54 Å². The standard InChI is InChI=1S/C6H13N5O3/c7-6(8)9-3-1-2-4(5(12)13)10-11-14/h4H,1-3H2,(H,10,14)(H,12,13)(H4,7,8,9). The molecule has 0 saturated carbocycles. The van der Waals surface area contributed by atoms with E-state index in [9.17, 15) is 9.70 Å². The fourth-order valence-corrected chi connectivity index (χ4v) is 0.810. The molecule has 0 bridgehead atoms. The number of nitrogens with one attached hydrogen (secondary N) is 1. The predicted molar refractivity (Wildman–Crippen MR) is 50.3 cm³/mol. The zero-order valence-corrected chi connectivity index (χ0v) is 7.51. The van der Waals surface area contributed by atoms with Crippen LogP contribution in [0.5, 0.6) is 0 Å². The molecule has 0 fully saturated rings. The summed E-state index contributed by atoms with van der Waals surface area (Å²) in [7, 11) is 0. The fourth-order valence-electron chi connectivity index (χ4n) is 0.810.